The van der Waals surface area contributed by atoms with E-state index in [0.29, 0.717) is 57.4 Å². The van der Waals surface area contributed by atoms with Crippen LogP contribution in [0, 0.1) is 0 Å². The Morgan fingerprint density at radius 1 is 1.07 bits per heavy atom. The van der Waals surface area contributed by atoms with Crippen LogP contribution in [0.2, 0.25) is 5.02 Å². The number of benzene rings is 3. The first-order valence-electron chi connectivity index (χ1n) is 14.5. The highest BCUT2D eigenvalue weighted by Crippen LogP contribution is 2.46. The van der Waals surface area contributed by atoms with Gasteiger partial charge in [0.15, 0.2) is 15.8 Å². The lowest BCUT2D eigenvalue weighted by atomic mass is 9.94. The number of hydrogen-bond acceptors (Lipinski definition) is 10. The minimum atomic E-state index is -1.00. The van der Waals surface area contributed by atoms with Gasteiger partial charge in [0, 0.05) is 22.8 Å². The second kappa shape index (κ2) is 13.1. The van der Waals surface area contributed by atoms with Crippen molar-refractivity contribution in [2.75, 3.05) is 18.1 Å². The molecule has 0 saturated carbocycles. The van der Waals surface area contributed by atoms with Gasteiger partial charge in [0.2, 0.25) is 5.13 Å². The highest BCUT2D eigenvalue weighted by Gasteiger charge is 2.48. The summed E-state index contributed by atoms with van der Waals surface area (Å²) in [6.45, 7) is 6.50. The zero-order chi connectivity index (χ0) is 31.7. The number of fused-ring (bicyclic) bond motifs is 1. The van der Waals surface area contributed by atoms with Gasteiger partial charge < -0.3 is 19.3 Å². The third-order valence-corrected chi connectivity index (χ3v) is 9.88. The van der Waals surface area contributed by atoms with E-state index < -0.39 is 17.7 Å². The zero-order valence-electron chi connectivity index (χ0n) is 24.8. The van der Waals surface area contributed by atoms with E-state index in [4.69, 9.17) is 25.8 Å². The van der Waals surface area contributed by atoms with Crippen LogP contribution in [-0.2, 0) is 21.8 Å². The molecule has 1 N–H and O–H groups in total. The van der Waals surface area contributed by atoms with Gasteiger partial charge in [-0.05, 0) is 73.9 Å². The van der Waals surface area contributed by atoms with Crippen molar-refractivity contribution in [2.24, 2.45) is 0 Å². The fraction of sp³-hybridized carbons (Fsp3) is 0.273. The van der Waals surface area contributed by atoms with Gasteiger partial charge in [0.1, 0.15) is 17.6 Å². The third-order valence-electron chi connectivity index (χ3n) is 7.41. The number of carbonyl (C=O) groups is 2. The lowest BCUT2D eigenvalue weighted by molar-refractivity contribution is -0.132. The molecule has 2 atom stereocenters. The lowest BCUT2D eigenvalue weighted by Crippen LogP contribution is -2.29. The van der Waals surface area contributed by atoms with Gasteiger partial charge in [-0.15, -0.1) is 10.2 Å². The second-order valence-electron chi connectivity index (χ2n) is 10.4. The van der Waals surface area contributed by atoms with Gasteiger partial charge in [0.25, 0.3) is 5.78 Å². The van der Waals surface area contributed by atoms with Crippen molar-refractivity contribution < 1.29 is 28.9 Å². The van der Waals surface area contributed by atoms with Crippen LogP contribution in [0.1, 0.15) is 49.1 Å². The molecular weight excluding hydrogens is 634 g/mol. The van der Waals surface area contributed by atoms with Crippen LogP contribution in [0.15, 0.2) is 70.6 Å². The van der Waals surface area contributed by atoms with Crippen molar-refractivity contribution in [2.45, 2.75) is 49.4 Å². The standard InChI is InChI=1S/C33H30ClN3O6S2/c1-4-41-25-13-10-19(16-26(25)42-5-2)28-27(29(38)20-11-12-24-22(15-20)14-18(3)43-24)30(39)31(40)37(28)32-35-36-33(45-32)44-17-21-8-6-7-9-23(21)34/h6-13,15-16,18,28,38H,4-5,14,17H2,1-3H3/b29-27+/t18-,28-/m0/s1. The number of ketones is 1. The van der Waals surface area contributed by atoms with E-state index in [9.17, 15) is 14.7 Å². The van der Waals surface area contributed by atoms with Crippen molar-refractivity contribution in [1.82, 2.24) is 10.2 Å². The van der Waals surface area contributed by atoms with E-state index in [-0.39, 0.29) is 22.6 Å². The highest BCUT2D eigenvalue weighted by atomic mass is 35.5. The molecule has 232 valence electrons. The number of anilines is 1. The molecule has 1 saturated heterocycles. The molecule has 0 radical (unpaired) electrons. The number of aromatic nitrogens is 2. The Labute approximate surface area is 273 Å². The Balaban J connectivity index is 1.43. The van der Waals surface area contributed by atoms with Crippen LogP contribution < -0.4 is 19.1 Å². The van der Waals surface area contributed by atoms with E-state index in [2.05, 4.69) is 10.2 Å². The number of rotatable bonds is 10. The predicted octanol–water partition coefficient (Wildman–Crippen LogP) is 7.23. The Kier molecular flexibility index (Phi) is 9.02. The Morgan fingerprint density at radius 3 is 2.62 bits per heavy atom. The summed E-state index contributed by atoms with van der Waals surface area (Å²) in [6, 6.07) is 17.0. The molecule has 3 heterocycles. The van der Waals surface area contributed by atoms with Crippen LogP contribution in [0.5, 0.6) is 17.2 Å². The van der Waals surface area contributed by atoms with Gasteiger partial charge in [0.05, 0.1) is 24.8 Å². The topological polar surface area (TPSA) is 111 Å². The summed E-state index contributed by atoms with van der Waals surface area (Å²) in [5.74, 6) is 0.349. The number of aliphatic hydroxyl groups excluding tert-OH is 1. The average Bonchev–Trinajstić information content (AvgIpc) is 3.72. The monoisotopic (exact) mass is 663 g/mol. The van der Waals surface area contributed by atoms with Gasteiger partial charge in [-0.3, -0.25) is 14.5 Å². The third kappa shape index (κ3) is 6.12. The number of amides is 1. The number of thioether (sulfide) groups is 1. The zero-order valence-corrected chi connectivity index (χ0v) is 27.2. The van der Waals surface area contributed by atoms with Crippen molar-refractivity contribution in [3.8, 4) is 17.2 Å². The number of hydrogen-bond donors (Lipinski definition) is 1. The number of nitrogens with zero attached hydrogens (tertiary/aromatic N) is 3. The van der Waals surface area contributed by atoms with Gasteiger partial charge >= 0.3 is 5.91 Å². The molecule has 2 aliphatic heterocycles. The first-order chi connectivity index (χ1) is 21.8. The summed E-state index contributed by atoms with van der Waals surface area (Å²) in [6.07, 6.45) is 0.677. The molecule has 1 amide bonds. The molecule has 1 fully saturated rings. The van der Waals surface area contributed by atoms with E-state index in [1.165, 1.54) is 28.0 Å². The first-order valence-corrected chi connectivity index (χ1v) is 16.7. The van der Waals surface area contributed by atoms with Crippen LogP contribution in [0.4, 0.5) is 5.13 Å². The molecule has 4 aromatic rings. The largest absolute Gasteiger partial charge is 0.507 e. The number of ether oxygens (including phenoxy) is 3. The number of Topliss-reactive ketones (excluding diaryl/α,β-unsaturated/α-hetero) is 1. The predicted molar refractivity (Wildman–Crippen MR) is 175 cm³/mol. The second-order valence-corrected chi connectivity index (χ2v) is 13.0. The molecule has 45 heavy (non-hydrogen) atoms. The normalized spacial score (nSPS) is 18.6. The summed E-state index contributed by atoms with van der Waals surface area (Å²) in [5.41, 5.74) is 2.76. The van der Waals surface area contributed by atoms with Crippen molar-refractivity contribution in [3.63, 3.8) is 0 Å². The van der Waals surface area contributed by atoms with Gasteiger partial charge in [-0.25, -0.2) is 0 Å². The number of aliphatic hydroxyl groups is 1. The molecule has 12 heteroatoms. The minimum absolute atomic E-state index is 0.00574. The lowest BCUT2D eigenvalue weighted by Gasteiger charge is -2.23. The molecule has 1 aromatic heterocycles. The van der Waals surface area contributed by atoms with E-state index in [1.54, 1.807) is 36.4 Å². The Bertz CT molecular complexity index is 1810. The Hall–Kier alpha value is -4.06. The fourth-order valence-electron chi connectivity index (χ4n) is 5.42. The van der Waals surface area contributed by atoms with Crippen molar-refractivity contribution >= 4 is 57.3 Å². The summed E-state index contributed by atoms with van der Waals surface area (Å²) < 4.78 is 18.0. The Morgan fingerprint density at radius 2 is 1.84 bits per heavy atom. The summed E-state index contributed by atoms with van der Waals surface area (Å²) in [7, 11) is 0. The van der Waals surface area contributed by atoms with Crippen LogP contribution in [0.25, 0.3) is 5.76 Å². The summed E-state index contributed by atoms with van der Waals surface area (Å²) in [4.78, 5) is 28.8. The van der Waals surface area contributed by atoms with E-state index >= 15 is 0 Å². The SMILES string of the molecule is CCOc1ccc([C@H]2/C(=C(\O)c3ccc4c(c3)C[C@H](C)O4)C(=O)C(=O)N2c2nnc(SCc3ccccc3Cl)s2)cc1OCC. The summed E-state index contributed by atoms with van der Waals surface area (Å²) in [5, 5.41) is 21.2. The molecule has 0 aliphatic carbocycles. The van der Waals surface area contributed by atoms with Gasteiger partial charge in [-0.1, -0.05) is 59.0 Å². The molecule has 0 bridgehead atoms. The molecule has 2 aliphatic rings. The molecule has 0 spiro atoms. The van der Waals surface area contributed by atoms with E-state index in [0.717, 1.165) is 16.9 Å². The maximum Gasteiger partial charge on any atom is 0.301 e. The van der Waals surface area contributed by atoms with Crippen LogP contribution in [0.3, 0.4) is 0 Å². The number of carbonyl (C=O) groups excluding carboxylic acids is 2. The van der Waals surface area contributed by atoms with Crippen molar-refractivity contribution in [3.05, 3.63) is 93.5 Å². The molecule has 3 aromatic carbocycles. The first kappa shape index (κ1) is 30.9. The average molecular weight is 664 g/mol. The molecule has 6 rings (SSSR count). The minimum Gasteiger partial charge on any atom is -0.507 e. The van der Waals surface area contributed by atoms with Gasteiger partial charge in [-0.2, -0.15) is 0 Å². The van der Waals surface area contributed by atoms with E-state index in [1.807, 2.05) is 45.0 Å². The molecule has 9 nitrogen and oxygen atoms in total. The highest BCUT2D eigenvalue weighted by molar-refractivity contribution is 8.00. The quantitative estimate of drug-likeness (QED) is 0.0617. The molecular formula is C33H30ClN3O6S2. The van der Waals surface area contributed by atoms with Crippen LogP contribution >= 0.6 is 34.7 Å². The summed E-state index contributed by atoms with van der Waals surface area (Å²) >= 11 is 8.94. The maximum absolute atomic E-state index is 13.8. The fourth-order valence-corrected chi connectivity index (χ4v) is 7.57. The van der Waals surface area contributed by atoms with Crippen LogP contribution in [-0.4, -0.2) is 46.3 Å². The number of halogens is 1. The smallest absolute Gasteiger partial charge is 0.301 e. The molecule has 0 unspecified atom stereocenters. The van der Waals surface area contributed by atoms with Crippen molar-refractivity contribution in [1.29, 1.82) is 0 Å². The maximum atomic E-state index is 13.8.